The van der Waals surface area contributed by atoms with E-state index in [1.54, 1.807) is 0 Å². The van der Waals surface area contributed by atoms with Crippen LogP contribution in [0.5, 0.6) is 5.75 Å². The molecule has 0 aliphatic carbocycles. The molecular formula is C17H13N5O4S2. The molecule has 3 rings (SSSR count). The summed E-state index contributed by atoms with van der Waals surface area (Å²) in [4.78, 5) is 22.0. The average molecular weight is 415 g/mol. The molecule has 9 nitrogen and oxygen atoms in total. The number of phenolic OH excluding ortho intramolecular Hbond substituents is 1. The standard InChI is InChI=1S/C17H13N5O4S2/c23-14-7-6-11(8-13(14)22(25)26)9-18-19-15(24)10-27-17-21-20-16(28-17)12-4-2-1-3-5-12/h1-9,23H,10H2,(H,19,24). The Bertz CT molecular complexity index is 1020. The summed E-state index contributed by atoms with van der Waals surface area (Å²) < 4.78 is 0.659. The summed E-state index contributed by atoms with van der Waals surface area (Å²) in [5, 5.41) is 32.9. The number of nitro groups is 1. The summed E-state index contributed by atoms with van der Waals surface area (Å²) in [6.07, 6.45) is 1.26. The van der Waals surface area contributed by atoms with Crippen molar-refractivity contribution in [3.05, 3.63) is 64.2 Å². The van der Waals surface area contributed by atoms with Gasteiger partial charge in [0.1, 0.15) is 5.01 Å². The first kappa shape index (κ1) is 19.5. The van der Waals surface area contributed by atoms with E-state index in [1.165, 1.54) is 41.4 Å². The van der Waals surface area contributed by atoms with Crippen molar-refractivity contribution in [2.75, 3.05) is 5.75 Å². The molecule has 2 N–H and O–H groups in total. The number of amides is 1. The molecule has 0 spiro atoms. The van der Waals surface area contributed by atoms with Crippen LogP contribution in [0.15, 0.2) is 58.0 Å². The summed E-state index contributed by atoms with van der Waals surface area (Å²) in [7, 11) is 0. The van der Waals surface area contributed by atoms with E-state index in [4.69, 9.17) is 0 Å². The molecule has 0 unspecified atom stereocenters. The van der Waals surface area contributed by atoms with E-state index >= 15 is 0 Å². The van der Waals surface area contributed by atoms with Crippen molar-refractivity contribution in [1.29, 1.82) is 0 Å². The number of benzene rings is 2. The fourth-order valence-electron chi connectivity index (χ4n) is 2.07. The molecule has 11 heteroatoms. The lowest BCUT2D eigenvalue weighted by atomic mass is 10.2. The summed E-state index contributed by atoms with van der Waals surface area (Å²) in [6, 6.07) is 13.4. The highest BCUT2D eigenvalue weighted by molar-refractivity contribution is 8.01. The smallest absolute Gasteiger partial charge is 0.311 e. The minimum atomic E-state index is -0.701. The molecule has 0 fully saturated rings. The largest absolute Gasteiger partial charge is 0.502 e. The molecule has 142 valence electrons. The van der Waals surface area contributed by atoms with Crippen LogP contribution in [0.2, 0.25) is 0 Å². The highest BCUT2D eigenvalue weighted by Gasteiger charge is 2.13. The number of hydrazone groups is 1. The third-order valence-corrected chi connectivity index (χ3v) is 5.46. The van der Waals surface area contributed by atoms with Crippen LogP contribution in [-0.2, 0) is 4.79 Å². The molecule has 1 aromatic heterocycles. The van der Waals surface area contributed by atoms with Crippen LogP contribution in [0.1, 0.15) is 5.56 Å². The Morgan fingerprint density at radius 1 is 1.29 bits per heavy atom. The molecule has 3 aromatic rings. The molecule has 0 saturated carbocycles. The fraction of sp³-hybridized carbons (Fsp3) is 0.0588. The molecule has 0 aliphatic rings. The fourth-order valence-corrected chi connectivity index (χ4v) is 3.72. The van der Waals surface area contributed by atoms with Gasteiger partial charge in [-0.3, -0.25) is 14.9 Å². The number of phenols is 1. The van der Waals surface area contributed by atoms with Crippen LogP contribution < -0.4 is 5.43 Å². The number of aromatic hydroxyl groups is 1. The van der Waals surface area contributed by atoms with E-state index in [1.807, 2.05) is 30.3 Å². The number of nitro benzene ring substituents is 1. The Balaban J connectivity index is 1.51. The maximum Gasteiger partial charge on any atom is 0.311 e. The van der Waals surface area contributed by atoms with Gasteiger partial charge in [0.2, 0.25) is 0 Å². The number of carbonyl (C=O) groups is 1. The highest BCUT2D eigenvalue weighted by Crippen LogP contribution is 2.29. The zero-order valence-electron chi connectivity index (χ0n) is 14.2. The number of aromatic nitrogens is 2. The van der Waals surface area contributed by atoms with Gasteiger partial charge in [-0.05, 0) is 12.1 Å². The van der Waals surface area contributed by atoms with E-state index in [-0.39, 0.29) is 11.7 Å². The number of hydrogen-bond acceptors (Lipinski definition) is 9. The van der Waals surface area contributed by atoms with Gasteiger partial charge in [0, 0.05) is 17.2 Å². The van der Waals surface area contributed by atoms with Crippen LogP contribution in [0.3, 0.4) is 0 Å². The number of hydrogen-bond donors (Lipinski definition) is 2. The van der Waals surface area contributed by atoms with Gasteiger partial charge >= 0.3 is 5.69 Å². The predicted octanol–water partition coefficient (Wildman–Crippen LogP) is 3.06. The van der Waals surface area contributed by atoms with Crippen LogP contribution in [-0.4, -0.2) is 38.1 Å². The van der Waals surface area contributed by atoms with Crippen molar-refractivity contribution in [3.63, 3.8) is 0 Å². The van der Waals surface area contributed by atoms with Gasteiger partial charge in [-0.1, -0.05) is 53.4 Å². The maximum atomic E-state index is 11.9. The zero-order chi connectivity index (χ0) is 19.9. The number of nitrogens with zero attached hydrogens (tertiary/aromatic N) is 4. The summed E-state index contributed by atoms with van der Waals surface area (Å²) in [6.45, 7) is 0. The molecule has 1 heterocycles. The van der Waals surface area contributed by atoms with E-state index in [0.717, 1.165) is 16.6 Å². The van der Waals surface area contributed by atoms with Crippen LogP contribution in [0.25, 0.3) is 10.6 Å². The van der Waals surface area contributed by atoms with Crippen molar-refractivity contribution in [3.8, 4) is 16.3 Å². The molecule has 28 heavy (non-hydrogen) atoms. The second-order valence-corrected chi connectivity index (χ2v) is 7.53. The van der Waals surface area contributed by atoms with Gasteiger partial charge in [-0.2, -0.15) is 5.10 Å². The third kappa shape index (κ3) is 5.11. The number of carbonyl (C=O) groups excluding carboxylic acids is 1. The first-order valence-corrected chi connectivity index (χ1v) is 9.64. The van der Waals surface area contributed by atoms with Gasteiger partial charge in [-0.15, -0.1) is 10.2 Å². The second-order valence-electron chi connectivity index (χ2n) is 5.33. The van der Waals surface area contributed by atoms with Crippen molar-refractivity contribution in [2.24, 2.45) is 5.10 Å². The molecule has 0 radical (unpaired) electrons. The molecule has 0 atom stereocenters. The number of rotatable bonds is 7. The van der Waals surface area contributed by atoms with Crippen molar-refractivity contribution < 1.29 is 14.8 Å². The lowest BCUT2D eigenvalue weighted by molar-refractivity contribution is -0.385. The molecule has 1 amide bonds. The third-order valence-electron chi connectivity index (χ3n) is 3.35. The van der Waals surface area contributed by atoms with E-state index in [9.17, 15) is 20.0 Å². The first-order chi connectivity index (χ1) is 13.5. The summed E-state index contributed by atoms with van der Waals surface area (Å²) >= 11 is 2.62. The first-order valence-electron chi connectivity index (χ1n) is 7.84. The Morgan fingerprint density at radius 2 is 2.07 bits per heavy atom. The normalized spacial score (nSPS) is 10.9. The molecule has 0 bridgehead atoms. The summed E-state index contributed by atoms with van der Waals surface area (Å²) in [5.74, 6) is -0.697. The van der Waals surface area contributed by atoms with E-state index < -0.39 is 16.4 Å². The number of nitrogens with one attached hydrogen (secondary N) is 1. The molecular weight excluding hydrogens is 402 g/mol. The lowest BCUT2D eigenvalue weighted by Gasteiger charge is -1.99. The van der Waals surface area contributed by atoms with Gasteiger partial charge < -0.3 is 5.11 Å². The SMILES string of the molecule is O=C(CSc1nnc(-c2ccccc2)s1)NN=Cc1ccc(O)c([N+](=O)[O-])c1. The van der Waals surface area contributed by atoms with Gasteiger partial charge in [-0.25, -0.2) is 5.43 Å². The lowest BCUT2D eigenvalue weighted by Crippen LogP contribution is -2.19. The van der Waals surface area contributed by atoms with Crippen LogP contribution in [0.4, 0.5) is 5.69 Å². The van der Waals surface area contributed by atoms with Gasteiger partial charge in [0.15, 0.2) is 10.1 Å². The topological polar surface area (TPSA) is 131 Å². The second kappa shape index (κ2) is 9.06. The Labute approximate surface area is 167 Å². The van der Waals surface area contributed by atoms with Crippen molar-refractivity contribution >= 4 is 40.9 Å². The molecule has 0 saturated heterocycles. The van der Waals surface area contributed by atoms with Crippen molar-refractivity contribution in [2.45, 2.75) is 4.34 Å². The maximum absolute atomic E-state index is 11.9. The Morgan fingerprint density at radius 3 is 2.82 bits per heavy atom. The minimum Gasteiger partial charge on any atom is -0.502 e. The Hall–Kier alpha value is -3.31. The summed E-state index contributed by atoms with van der Waals surface area (Å²) in [5.41, 5.74) is 3.23. The van der Waals surface area contributed by atoms with E-state index in [2.05, 4.69) is 20.7 Å². The average Bonchev–Trinajstić information content (AvgIpc) is 3.17. The highest BCUT2D eigenvalue weighted by atomic mass is 32.2. The van der Waals surface area contributed by atoms with E-state index in [0.29, 0.717) is 9.90 Å². The minimum absolute atomic E-state index is 0.0937. The van der Waals surface area contributed by atoms with Crippen LogP contribution >= 0.6 is 23.1 Å². The number of thioether (sulfide) groups is 1. The molecule has 2 aromatic carbocycles. The quantitative estimate of drug-likeness (QED) is 0.262. The van der Waals surface area contributed by atoms with Gasteiger partial charge in [0.25, 0.3) is 5.91 Å². The van der Waals surface area contributed by atoms with Crippen LogP contribution in [0, 0.1) is 10.1 Å². The van der Waals surface area contributed by atoms with Gasteiger partial charge in [0.05, 0.1) is 16.9 Å². The monoisotopic (exact) mass is 415 g/mol. The molecule has 0 aliphatic heterocycles. The Kier molecular flexibility index (Phi) is 6.29. The zero-order valence-corrected chi connectivity index (χ0v) is 15.8. The van der Waals surface area contributed by atoms with Crippen molar-refractivity contribution in [1.82, 2.24) is 15.6 Å². The predicted molar refractivity (Wildman–Crippen MR) is 107 cm³/mol.